The molecule has 1 amide bonds. The fraction of sp³-hybridized carbons (Fsp3) is 0.220. The second-order valence-corrected chi connectivity index (χ2v) is 11.9. The fourth-order valence-electron chi connectivity index (χ4n) is 6.31. The molecule has 54 heavy (non-hydrogen) atoms. The zero-order valence-electron chi connectivity index (χ0n) is 31.0. The summed E-state index contributed by atoms with van der Waals surface area (Å²) in [6, 6.07) is 28.3. The number of amides is 1. The van der Waals surface area contributed by atoms with E-state index in [1.165, 1.54) is 42.7 Å². The normalized spacial score (nSPS) is 10.9. The highest BCUT2D eigenvalue weighted by Crippen LogP contribution is 2.46. The lowest BCUT2D eigenvalue weighted by molar-refractivity contribution is 0.202. The third-order valence-electron chi connectivity index (χ3n) is 8.89. The van der Waals surface area contributed by atoms with Crippen molar-refractivity contribution in [3.63, 3.8) is 0 Å². The Balaban J connectivity index is 1.72. The number of anilines is 2. The number of hydrogen-bond donors (Lipinski definition) is 2. The Morgan fingerprint density at radius 1 is 0.648 bits per heavy atom. The van der Waals surface area contributed by atoms with E-state index in [9.17, 15) is 9.90 Å². The van der Waals surface area contributed by atoms with Crippen LogP contribution < -0.4 is 38.6 Å². The van der Waals surface area contributed by atoms with E-state index in [1.807, 2.05) is 60.7 Å². The number of aromatic nitrogens is 3. The van der Waals surface area contributed by atoms with Crippen LogP contribution in [0, 0.1) is 0 Å². The third kappa shape index (κ3) is 7.16. The van der Waals surface area contributed by atoms with Gasteiger partial charge in [-0.3, -0.25) is 4.90 Å². The van der Waals surface area contributed by atoms with E-state index < -0.39 is 6.09 Å². The molecule has 0 aliphatic carbocycles. The molecule has 0 spiro atoms. The largest absolute Gasteiger partial charge is 0.493 e. The molecule has 0 unspecified atom stereocenters. The van der Waals surface area contributed by atoms with Crippen molar-refractivity contribution in [3.05, 3.63) is 102 Å². The molecule has 2 N–H and O–H groups in total. The molecule has 13 nitrogen and oxygen atoms in total. The highest BCUT2D eigenvalue weighted by molar-refractivity contribution is 5.96. The van der Waals surface area contributed by atoms with Crippen LogP contribution in [0.3, 0.4) is 0 Å². The highest BCUT2D eigenvalue weighted by Gasteiger charge is 2.26. The molecular formula is C41H41N5O8. The molecule has 278 valence electrons. The van der Waals surface area contributed by atoms with Crippen molar-refractivity contribution in [2.24, 2.45) is 0 Å². The second kappa shape index (κ2) is 16.3. The maximum atomic E-state index is 12.5. The topological polar surface area (TPSA) is 147 Å². The van der Waals surface area contributed by atoms with Crippen molar-refractivity contribution >= 4 is 28.8 Å². The van der Waals surface area contributed by atoms with Crippen LogP contribution in [0.2, 0.25) is 0 Å². The van der Waals surface area contributed by atoms with Gasteiger partial charge in [0.1, 0.15) is 11.3 Å². The SMILES string of the molecule is CCN(C(=O)O)c1cc(NC(c2ccccc2)c2ccccc2)c2nc(-c3cc(OC)c(OC)c(OC)c3)c(-c3cc(OC)c(OC)c(OC)c3)nc2n1. The van der Waals surface area contributed by atoms with Crippen LogP contribution in [0.1, 0.15) is 24.1 Å². The lowest BCUT2D eigenvalue weighted by atomic mass is 9.98. The Bertz CT molecular complexity index is 2180. The number of rotatable bonds is 14. The smallest absolute Gasteiger partial charge is 0.413 e. The van der Waals surface area contributed by atoms with Crippen molar-refractivity contribution in [1.82, 2.24) is 15.0 Å². The van der Waals surface area contributed by atoms with Gasteiger partial charge in [0.2, 0.25) is 11.5 Å². The van der Waals surface area contributed by atoms with Gasteiger partial charge in [-0.15, -0.1) is 0 Å². The molecule has 13 heteroatoms. The maximum Gasteiger partial charge on any atom is 0.413 e. The van der Waals surface area contributed by atoms with Gasteiger partial charge in [-0.1, -0.05) is 60.7 Å². The quantitative estimate of drug-likeness (QED) is 0.112. The molecule has 4 aromatic carbocycles. The van der Waals surface area contributed by atoms with E-state index in [0.717, 1.165) is 16.0 Å². The van der Waals surface area contributed by atoms with Crippen LogP contribution in [-0.2, 0) is 0 Å². The number of methoxy groups -OCH3 is 6. The summed E-state index contributed by atoms with van der Waals surface area (Å²) >= 11 is 0. The fourth-order valence-corrected chi connectivity index (χ4v) is 6.31. The number of carbonyl (C=O) groups is 1. The van der Waals surface area contributed by atoms with E-state index in [-0.39, 0.29) is 24.1 Å². The van der Waals surface area contributed by atoms with Gasteiger partial charge in [0.25, 0.3) is 0 Å². The Kier molecular flexibility index (Phi) is 11.2. The van der Waals surface area contributed by atoms with E-state index in [4.69, 9.17) is 43.4 Å². The number of carboxylic acid groups (broad SMARTS) is 1. The predicted octanol–water partition coefficient (Wildman–Crippen LogP) is 8.12. The second-order valence-electron chi connectivity index (χ2n) is 11.9. The van der Waals surface area contributed by atoms with Crippen LogP contribution in [-0.4, -0.2) is 75.4 Å². The minimum atomic E-state index is -1.16. The van der Waals surface area contributed by atoms with Crippen LogP contribution in [0.5, 0.6) is 34.5 Å². The average molecular weight is 732 g/mol. The molecule has 0 fully saturated rings. The molecule has 6 rings (SSSR count). The van der Waals surface area contributed by atoms with Crippen LogP contribution in [0.25, 0.3) is 33.7 Å². The molecule has 0 saturated carbocycles. The summed E-state index contributed by atoms with van der Waals surface area (Å²) in [7, 11) is 9.19. The molecular weight excluding hydrogens is 690 g/mol. The van der Waals surface area contributed by atoms with E-state index in [1.54, 1.807) is 37.3 Å². The number of benzene rings is 4. The van der Waals surface area contributed by atoms with Gasteiger partial charge in [-0.05, 0) is 42.3 Å². The standard InChI is InChI=1S/C41H41N5O8/c1-8-46(41(47)48)33-23-28(42-34(24-15-11-9-12-16-24)25-17-13-10-14-18-25)37-40(43-33)45-36(27-21-31(51-4)39(54-7)32(22-27)52-5)35(44-37)26-19-29(49-2)38(53-6)30(20-26)50-3/h9-23,34H,8H2,1-7H3,(H,47,48)(H,42,43,45). The van der Waals surface area contributed by atoms with E-state index in [0.29, 0.717) is 68.2 Å². The van der Waals surface area contributed by atoms with E-state index in [2.05, 4.69) is 5.32 Å². The van der Waals surface area contributed by atoms with Gasteiger partial charge in [0.05, 0.1) is 65.8 Å². The molecule has 0 radical (unpaired) electrons. The minimum Gasteiger partial charge on any atom is -0.493 e. The molecule has 0 aliphatic heterocycles. The van der Waals surface area contributed by atoms with Crippen molar-refractivity contribution in [2.45, 2.75) is 13.0 Å². The first-order valence-electron chi connectivity index (χ1n) is 17.0. The van der Waals surface area contributed by atoms with Crippen LogP contribution >= 0.6 is 0 Å². The molecule has 6 aromatic rings. The molecule has 2 heterocycles. The Morgan fingerprint density at radius 2 is 1.09 bits per heavy atom. The molecule has 0 atom stereocenters. The van der Waals surface area contributed by atoms with Crippen molar-refractivity contribution in [2.75, 3.05) is 59.4 Å². The molecule has 0 saturated heterocycles. The first-order chi connectivity index (χ1) is 26.3. The average Bonchev–Trinajstić information content (AvgIpc) is 3.21. The Hall–Kier alpha value is -6.76. The van der Waals surface area contributed by atoms with Crippen LogP contribution in [0.15, 0.2) is 91.0 Å². The number of fused-ring (bicyclic) bond motifs is 1. The Labute approximate surface area is 313 Å². The van der Waals surface area contributed by atoms with Gasteiger partial charge in [0, 0.05) is 23.7 Å². The monoisotopic (exact) mass is 731 g/mol. The van der Waals surface area contributed by atoms with Gasteiger partial charge in [-0.25, -0.2) is 19.7 Å². The maximum absolute atomic E-state index is 12.5. The van der Waals surface area contributed by atoms with Crippen molar-refractivity contribution in [3.8, 4) is 57.0 Å². The summed E-state index contributed by atoms with van der Waals surface area (Å²) in [5, 5.41) is 13.9. The number of ether oxygens (including phenoxy) is 6. The van der Waals surface area contributed by atoms with Crippen molar-refractivity contribution < 1.29 is 38.3 Å². The summed E-state index contributed by atoms with van der Waals surface area (Å²) in [6.45, 7) is 1.88. The minimum absolute atomic E-state index is 0.144. The first-order valence-corrected chi connectivity index (χ1v) is 17.0. The zero-order valence-corrected chi connectivity index (χ0v) is 31.0. The van der Waals surface area contributed by atoms with Gasteiger partial charge in [-0.2, -0.15) is 0 Å². The molecule has 2 aromatic heterocycles. The third-order valence-corrected chi connectivity index (χ3v) is 8.89. The Morgan fingerprint density at radius 3 is 1.48 bits per heavy atom. The van der Waals surface area contributed by atoms with Crippen LogP contribution in [0.4, 0.5) is 16.3 Å². The summed E-state index contributed by atoms with van der Waals surface area (Å²) in [5.74, 6) is 2.57. The summed E-state index contributed by atoms with van der Waals surface area (Å²) in [6.07, 6.45) is -1.16. The first kappa shape index (κ1) is 37.0. The number of nitrogens with one attached hydrogen (secondary N) is 1. The lowest BCUT2D eigenvalue weighted by Gasteiger charge is -2.24. The van der Waals surface area contributed by atoms with Gasteiger partial charge in [0.15, 0.2) is 28.6 Å². The van der Waals surface area contributed by atoms with E-state index >= 15 is 0 Å². The summed E-state index contributed by atoms with van der Waals surface area (Å²) in [5.41, 5.74) is 4.99. The molecule has 0 aliphatic rings. The number of hydrogen-bond acceptors (Lipinski definition) is 11. The summed E-state index contributed by atoms with van der Waals surface area (Å²) < 4.78 is 34.1. The zero-order chi connectivity index (χ0) is 38.4. The van der Waals surface area contributed by atoms with Gasteiger partial charge < -0.3 is 38.8 Å². The summed E-state index contributed by atoms with van der Waals surface area (Å²) in [4.78, 5) is 28.9. The van der Waals surface area contributed by atoms with Gasteiger partial charge >= 0.3 is 6.09 Å². The highest BCUT2D eigenvalue weighted by atomic mass is 16.5. The van der Waals surface area contributed by atoms with Crippen molar-refractivity contribution in [1.29, 1.82) is 0 Å². The number of pyridine rings is 1. The molecule has 0 bridgehead atoms. The number of nitrogens with zero attached hydrogens (tertiary/aromatic N) is 4. The predicted molar refractivity (Wildman–Crippen MR) is 207 cm³/mol. The lowest BCUT2D eigenvalue weighted by Crippen LogP contribution is -2.29.